The maximum Gasteiger partial charge on any atom is 0.192 e. The molecule has 0 aromatic heterocycles. The molecule has 1 rings (SSSR count). The summed E-state index contributed by atoms with van der Waals surface area (Å²) in [6.45, 7) is 13.8. The molecule has 1 atom stereocenters. The Bertz CT molecular complexity index is 232. The van der Waals surface area contributed by atoms with Gasteiger partial charge < -0.3 is 14.9 Å². The summed E-state index contributed by atoms with van der Waals surface area (Å²) in [5, 5.41) is 0.266. The molecule has 1 aliphatic heterocycles. The molecule has 0 unspecified atom stereocenters. The number of hydrogen-bond donors (Lipinski definition) is 1. The van der Waals surface area contributed by atoms with Gasteiger partial charge in [0.2, 0.25) is 0 Å². The summed E-state index contributed by atoms with van der Waals surface area (Å²) < 4.78 is 11.5. The zero-order chi connectivity index (χ0) is 13.1. The minimum atomic E-state index is -1.64. The van der Waals surface area contributed by atoms with Gasteiger partial charge in [-0.3, -0.25) is 0 Å². The van der Waals surface area contributed by atoms with Gasteiger partial charge in [-0.05, 0) is 36.9 Å². The van der Waals surface area contributed by atoms with Gasteiger partial charge in [0.1, 0.15) is 0 Å². The predicted molar refractivity (Wildman–Crippen MR) is 74.7 cm³/mol. The molecule has 1 aliphatic rings. The van der Waals surface area contributed by atoms with Gasteiger partial charge >= 0.3 is 0 Å². The molecule has 0 saturated carbocycles. The molecule has 102 valence electrons. The number of hydrogen-bond acceptors (Lipinski definition) is 3. The van der Waals surface area contributed by atoms with E-state index in [-0.39, 0.29) is 11.1 Å². The standard InChI is InChI=1S/C13H29NO2Si/c1-13(2,3)17(4,5)16-10-12(14)11-6-8-15-9-7-11/h11-12H,6-10,14H2,1-5H3/t12-/m1/s1. The van der Waals surface area contributed by atoms with Crippen LogP contribution in [0.4, 0.5) is 0 Å². The lowest BCUT2D eigenvalue weighted by molar-refractivity contribution is 0.0512. The molecule has 0 amide bonds. The highest BCUT2D eigenvalue weighted by atomic mass is 28.4. The van der Waals surface area contributed by atoms with Gasteiger partial charge in [0.25, 0.3) is 0 Å². The Labute approximate surface area is 107 Å². The van der Waals surface area contributed by atoms with Crippen molar-refractivity contribution in [3.63, 3.8) is 0 Å². The van der Waals surface area contributed by atoms with E-state index in [0.29, 0.717) is 12.5 Å². The van der Waals surface area contributed by atoms with Crippen LogP contribution >= 0.6 is 0 Å². The molecule has 3 nitrogen and oxygen atoms in total. The van der Waals surface area contributed by atoms with E-state index in [2.05, 4.69) is 33.9 Å². The van der Waals surface area contributed by atoms with Crippen LogP contribution in [0.25, 0.3) is 0 Å². The monoisotopic (exact) mass is 259 g/mol. The van der Waals surface area contributed by atoms with E-state index >= 15 is 0 Å². The fraction of sp³-hybridized carbons (Fsp3) is 1.00. The van der Waals surface area contributed by atoms with E-state index in [0.717, 1.165) is 26.1 Å². The minimum absolute atomic E-state index is 0.174. The molecule has 0 aliphatic carbocycles. The van der Waals surface area contributed by atoms with Crippen LogP contribution in [0, 0.1) is 5.92 Å². The fourth-order valence-corrected chi connectivity index (χ4v) is 2.84. The molecule has 0 spiro atoms. The van der Waals surface area contributed by atoms with Crippen molar-refractivity contribution in [1.29, 1.82) is 0 Å². The molecule has 17 heavy (non-hydrogen) atoms. The van der Waals surface area contributed by atoms with Gasteiger partial charge in [0, 0.05) is 25.9 Å². The van der Waals surface area contributed by atoms with E-state index in [1.807, 2.05) is 0 Å². The van der Waals surface area contributed by atoms with E-state index in [1.165, 1.54) is 0 Å². The Morgan fingerprint density at radius 1 is 1.29 bits per heavy atom. The second-order valence-corrected chi connectivity index (χ2v) is 11.5. The van der Waals surface area contributed by atoms with Crippen LogP contribution in [0.5, 0.6) is 0 Å². The Morgan fingerprint density at radius 3 is 2.29 bits per heavy atom. The Morgan fingerprint density at radius 2 is 1.82 bits per heavy atom. The van der Waals surface area contributed by atoms with E-state index < -0.39 is 8.32 Å². The molecule has 0 radical (unpaired) electrons. The average molecular weight is 259 g/mol. The van der Waals surface area contributed by atoms with Crippen LogP contribution in [0.1, 0.15) is 33.6 Å². The second-order valence-electron chi connectivity index (χ2n) is 6.68. The van der Waals surface area contributed by atoms with Gasteiger partial charge in [-0.15, -0.1) is 0 Å². The van der Waals surface area contributed by atoms with Crippen molar-refractivity contribution >= 4 is 8.32 Å². The van der Waals surface area contributed by atoms with Crippen molar-refractivity contribution in [2.24, 2.45) is 11.7 Å². The molecule has 0 aromatic carbocycles. The van der Waals surface area contributed by atoms with Crippen LogP contribution < -0.4 is 5.73 Å². The van der Waals surface area contributed by atoms with Crippen LogP contribution in [-0.2, 0) is 9.16 Å². The van der Waals surface area contributed by atoms with E-state index in [4.69, 9.17) is 14.9 Å². The summed E-state index contributed by atoms with van der Waals surface area (Å²) >= 11 is 0. The van der Waals surface area contributed by atoms with Crippen molar-refractivity contribution in [3.05, 3.63) is 0 Å². The minimum Gasteiger partial charge on any atom is -0.415 e. The first-order chi connectivity index (χ1) is 7.74. The van der Waals surface area contributed by atoms with Crippen molar-refractivity contribution in [2.75, 3.05) is 19.8 Å². The Hall–Kier alpha value is 0.0969. The number of nitrogens with two attached hydrogens (primary N) is 1. The number of ether oxygens (including phenoxy) is 1. The molecule has 0 aromatic rings. The molecule has 0 bridgehead atoms. The van der Waals surface area contributed by atoms with Crippen molar-refractivity contribution in [2.45, 2.75) is 57.8 Å². The highest BCUT2D eigenvalue weighted by molar-refractivity contribution is 6.74. The average Bonchev–Trinajstić information content (AvgIpc) is 2.25. The maximum atomic E-state index is 6.24. The van der Waals surface area contributed by atoms with Crippen LogP contribution in [-0.4, -0.2) is 34.2 Å². The zero-order valence-corrected chi connectivity index (χ0v) is 13.1. The van der Waals surface area contributed by atoms with E-state index in [1.54, 1.807) is 0 Å². The van der Waals surface area contributed by atoms with Gasteiger partial charge in [0.05, 0.1) is 0 Å². The van der Waals surface area contributed by atoms with Crippen molar-refractivity contribution in [1.82, 2.24) is 0 Å². The molecule has 1 saturated heterocycles. The van der Waals surface area contributed by atoms with Gasteiger partial charge in [0.15, 0.2) is 8.32 Å². The van der Waals surface area contributed by atoms with Crippen molar-refractivity contribution in [3.8, 4) is 0 Å². The maximum absolute atomic E-state index is 6.24. The third-order valence-electron chi connectivity index (χ3n) is 4.31. The quantitative estimate of drug-likeness (QED) is 0.790. The molecular weight excluding hydrogens is 230 g/mol. The van der Waals surface area contributed by atoms with Gasteiger partial charge in [-0.2, -0.15) is 0 Å². The first-order valence-electron chi connectivity index (χ1n) is 6.71. The van der Waals surface area contributed by atoms with Gasteiger partial charge in [-0.1, -0.05) is 20.8 Å². The smallest absolute Gasteiger partial charge is 0.192 e. The number of rotatable bonds is 4. The summed E-state index contributed by atoms with van der Waals surface area (Å²) in [6.07, 6.45) is 2.17. The highest BCUT2D eigenvalue weighted by Crippen LogP contribution is 2.36. The first kappa shape index (κ1) is 15.2. The SMILES string of the molecule is CC(C)(C)[Si](C)(C)OC[C@@H](N)C1CCOCC1. The lowest BCUT2D eigenvalue weighted by atomic mass is 9.93. The third-order valence-corrected chi connectivity index (χ3v) is 8.81. The fourth-order valence-electron chi connectivity index (χ4n) is 1.80. The zero-order valence-electron chi connectivity index (χ0n) is 12.1. The van der Waals surface area contributed by atoms with Crippen LogP contribution in [0.3, 0.4) is 0 Å². The molecule has 4 heteroatoms. The van der Waals surface area contributed by atoms with Gasteiger partial charge in [-0.25, -0.2) is 0 Å². The largest absolute Gasteiger partial charge is 0.415 e. The predicted octanol–water partition coefficient (Wildman–Crippen LogP) is 2.76. The third kappa shape index (κ3) is 4.36. The topological polar surface area (TPSA) is 44.5 Å². The van der Waals surface area contributed by atoms with E-state index in [9.17, 15) is 0 Å². The molecular formula is C13H29NO2Si. The normalized spacial score (nSPS) is 21.5. The molecule has 1 fully saturated rings. The highest BCUT2D eigenvalue weighted by Gasteiger charge is 2.37. The van der Waals surface area contributed by atoms with Crippen molar-refractivity contribution < 1.29 is 9.16 Å². The Kier molecular flexibility index (Phi) is 5.19. The molecule has 1 heterocycles. The lowest BCUT2D eigenvalue weighted by Gasteiger charge is -2.38. The first-order valence-corrected chi connectivity index (χ1v) is 9.62. The van der Waals surface area contributed by atoms with Crippen LogP contribution in [0.2, 0.25) is 18.1 Å². The lowest BCUT2D eigenvalue weighted by Crippen LogP contribution is -2.46. The van der Waals surface area contributed by atoms with Crippen LogP contribution in [0.15, 0.2) is 0 Å². The summed E-state index contributed by atoms with van der Waals surface area (Å²) in [4.78, 5) is 0. The summed E-state index contributed by atoms with van der Waals surface area (Å²) in [6, 6.07) is 0.174. The Balaban J connectivity index is 2.39. The summed E-state index contributed by atoms with van der Waals surface area (Å²) in [5.74, 6) is 0.577. The molecule has 2 N–H and O–H groups in total. The summed E-state index contributed by atoms with van der Waals surface area (Å²) in [7, 11) is -1.64. The second kappa shape index (κ2) is 5.82. The summed E-state index contributed by atoms with van der Waals surface area (Å²) in [5.41, 5.74) is 6.24.